The molecule has 2 heterocycles. The molecule has 0 aromatic carbocycles. The highest BCUT2D eigenvalue weighted by Gasteiger charge is 2.53. The zero-order valence-corrected chi connectivity index (χ0v) is 10.3. The highest BCUT2D eigenvalue weighted by Crippen LogP contribution is 2.38. The van der Waals surface area contributed by atoms with Crippen molar-refractivity contribution >= 4 is 12.4 Å². The van der Waals surface area contributed by atoms with Crippen molar-refractivity contribution in [2.75, 3.05) is 26.9 Å². The highest BCUT2D eigenvalue weighted by atomic mass is 16.7. The fraction of sp³-hybridized carbons (Fsp3) is 0.667. The van der Waals surface area contributed by atoms with E-state index in [1.54, 1.807) is 6.08 Å². The van der Waals surface area contributed by atoms with E-state index in [4.69, 9.17) is 14.2 Å². The average Bonchev–Trinajstić information content (AvgIpc) is 2.85. The molecule has 6 nitrogen and oxygen atoms in total. The summed E-state index contributed by atoms with van der Waals surface area (Å²) in [5.74, 6) is -1.04. The summed E-state index contributed by atoms with van der Waals surface area (Å²) in [4.78, 5) is 24.4. The Kier molecular flexibility index (Phi) is 3.68. The minimum atomic E-state index is -1.05. The van der Waals surface area contributed by atoms with Crippen LogP contribution in [0.2, 0.25) is 0 Å². The van der Waals surface area contributed by atoms with Crippen LogP contribution in [0.5, 0.6) is 0 Å². The molecule has 2 saturated heterocycles. The Hall–Kier alpha value is -1.40. The van der Waals surface area contributed by atoms with E-state index in [1.807, 2.05) is 0 Å². The molecule has 100 valence electrons. The quantitative estimate of drug-likeness (QED) is 0.533. The van der Waals surface area contributed by atoms with Gasteiger partial charge in [0, 0.05) is 13.0 Å². The Balaban J connectivity index is 2.30. The van der Waals surface area contributed by atoms with Crippen molar-refractivity contribution in [3.05, 3.63) is 12.7 Å². The van der Waals surface area contributed by atoms with Gasteiger partial charge in [-0.3, -0.25) is 4.90 Å². The van der Waals surface area contributed by atoms with Gasteiger partial charge in [0.15, 0.2) is 5.79 Å². The number of hydrogen-bond donors (Lipinski definition) is 0. The monoisotopic (exact) mass is 255 g/mol. The second-order valence-corrected chi connectivity index (χ2v) is 4.41. The Labute approximate surface area is 105 Å². The lowest BCUT2D eigenvalue weighted by Gasteiger charge is -2.45. The number of hydrogen-bond acceptors (Lipinski definition) is 5. The molecule has 0 N–H and O–H groups in total. The minimum Gasteiger partial charge on any atom is -0.453 e. The van der Waals surface area contributed by atoms with Crippen molar-refractivity contribution in [2.45, 2.75) is 18.2 Å². The molecule has 0 aromatic heterocycles. The smallest absolute Gasteiger partial charge is 0.410 e. The largest absolute Gasteiger partial charge is 0.453 e. The van der Waals surface area contributed by atoms with Gasteiger partial charge < -0.3 is 19.0 Å². The molecule has 2 aliphatic heterocycles. The first-order chi connectivity index (χ1) is 8.66. The lowest BCUT2D eigenvalue weighted by Crippen LogP contribution is -2.62. The van der Waals surface area contributed by atoms with Gasteiger partial charge in [-0.1, -0.05) is 6.08 Å². The van der Waals surface area contributed by atoms with E-state index in [2.05, 4.69) is 6.58 Å². The highest BCUT2D eigenvalue weighted by molar-refractivity contribution is 5.74. The van der Waals surface area contributed by atoms with Gasteiger partial charge in [0.25, 0.3) is 0 Å². The van der Waals surface area contributed by atoms with Crippen LogP contribution in [-0.4, -0.2) is 56.0 Å². The molecule has 0 bridgehead atoms. The van der Waals surface area contributed by atoms with Gasteiger partial charge in [0.2, 0.25) is 0 Å². The van der Waals surface area contributed by atoms with Crippen LogP contribution >= 0.6 is 0 Å². The summed E-state index contributed by atoms with van der Waals surface area (Å²) in [6, 6.07) is -0.774. The number of ether oxygens (including phenoxy) is 3. The molecule has 0 radical (unpaired) electrons. The Bertz CT molecular complexity index is 350. The number of rotatable bonds is 2. The van der Waals surface area contributed by atoms with Gasteiger partial charge in [-0.05, 0) is 5.92 Å². The maximum atomic E-state index is 11.7. The van der Waals surface area contributed by atoms with Crippen molar-refractivity contribution in [3.63, 3.8) is 0 Å². The molecule has 0 saturated carbocycles. The number of methoxy groups -OCH3 is 1. The number of amides is 1. The van der Waals surface area contributed by atoms with E-state index >= 15 is 0 Å². The molecule has 0 aromatic rings. The third-order valence-corrected chi connectivity index (χ3v) is 3.41. The van der Waals surface area contributed by atoms with Crippen molar-refractivity contribution in [2.24, 2.45) is 5.92 Å². The fourth-order valence-corrected chi connectivity index (χ4v) is 2.55. The molecule has 1 spiro atoms. The minimum absolute atomic E-state index is 0.0124. The number of piperidine rings is 1. The number of carbonyl (C=O) groups excluding carboxylic acids is 2. The lowest BCUT2D eigenvalue weighted by molar-refractivity contribution is -0.217. The van der Waals surface area contributed by atoms with Gasteiger partial charge in [0.1, 0.15) is 12.3 Å². The van der Waals surface area contributed by atoms with Crippen LogP contribution in [-0.2, 0) is 19.0 Å². The Morgan fingerprint density at radius 2 is 2.17 bits per heavy atom. The van der Waals surface area contributed by atoms with Gasteiger partial charge in [-0.25, -0.2) is 4.79 Å². The standard InChI is InChI=1S/C12H17NO5/c1-3-9-6-12(17-4-5-18-12)10(8-14)13(7-9)11(15)16-2/h3,8-10H,1,4-7H2,2H3/t9-,10+/m0/s1. The average molecular weight is 255 g/mol. The lowest BCUT2D eigenvalue weighted by atomic mass is 9.88. The Morgan fingerprint density at radius 1 is 1.50 bits per heavy atom. The molecule has 2 atom stereocenters. The third kappa shape index (κ3) is 2.02. The van der Waals surface area contributed by atoms with Crippen LogP contribution in [0.1, 0.15) is 6.42 Å². The molecule has 6 heteroatoms. The van der Waals surface area contributed by atoms with E-state index in [9.17, 15) is 9.59 Å². The molecule has 2 rings (SSSR count). The molecule has 0 unspecified atom stereocenters. The summed E-state index contributed by atoms with van der Waals surface area (Å²) in [5.41, 5.74) is 0. The van der Waals surface area contributed by atoms with Crippen LogP contribution in [0.25, 0.3) is 0 Å². The summed E-state index contributed by atoms with van der Waals surface area (Å²) in [6.45, 7) is 4.95. The molecule has 2 fully saturated rings. The second-order valence-electron chi connectivity index (χ2n) is 4.41. The van der Waals surface area contributed by atoms with Crippen LogP contribution in [0.3, 0.4) is 0 Å². The van der Waals surface area contributed by atoms with Crippen LogP contribution < -0.4 is 0 Å². The van der Waals surface area contributed by atoms with E-state index < -0.39 is 17.9 Å². The maximum absolute atomic E-state index is 11.7. The first kappa shape index (κ1) is 13.0. The fourth-order valence-electron chi connectivity index (χ4n) is 2.55. The summed E-state index contributed by atoms with van der Waals surface area (Å²) in [5, 5.41) is 0. The summed E-state index contributed by atoms with van der Waals surface area (Å²) >= 11 is 0. The predicted molar refractivity (Wildman–Crippen MR) is 61.9 cm³/mol. The first-order valence-corrected chi connectivity index (χ1v) is 5.87. The van der Waals surface area contributed by atoms with E-state index in [0.29, 0.717) is 32.5 Å². The normalized spacial score (nSPS) is 30.2. The number of nitrogens with zero attached hydrogens (tertiary/aromatic N) is 1. The van der Waals surface area contributed by atoms with Crippen LogP contribution in [0.4, 0.5) is 4.79 Å². The second kappa shape index (κ2) is 5.07. The SMILES string of the molecule is C=C[C@@H]1CN(C(=O)OC)[C@H](C=O)C2(C1)OCCO2. The first-order valence-electron chi connectivity index (χ1n) is 5.87. The van der Waals surface area contributed by atoms with Crippen molar-refractivity contribution < 1.29 is 23.8 Å². The predicted octanol–water partition coefficient (Wildman–Crippen LogP) is 0.571. The van der Waals surface area contributed by atoms with Crippen molar-refractivity contribution in [1.29, 1.82) is 0 Å². The van der Waals surface area contributed by atoms with Crippen molar-refractivity contribution in [1.82, 2.24) is 4.90 Å². The number of aldehydes is 1. The number of carbonyl (C=O) groups is 2. The van der Waals surface area contributed by atoms with Gasteiger partial charge >= 0.3 is 6.09 Å². The van der Waals surface area contributed by atoms with Gasteiger partial charge in [0.05, 0.1) is 20.3 Å². The van der Waals surface area contributed by atoms with Crippen LogP contribution in [0.15, 0.2) is 12.7 Å². The molecular formula is C12H17NO5. The zero-order chi connectivity index (χ0) is 13.2. The molecule has 2 aliphatic rings. The van der Waals surface area contributed by atoms with Gasteiger partial charge in [-0.15, -0.1) is 6.58 Å². The van der Waals surface area contributed by atoms with E-state index in [-0.39, 0.29) is 5.92 Å². The van der Waals surface area contributed by atoms with Crippen molar-refractivity contribution in [3.8, 4) is 0 Å². The van der Waals surface area contributed by atoms with E-state index in [1.165, 1.54) is 12.0 Å². The van der Waals surface area contributed by atoms with E-state index in [0.717, 1.165) is 0 Å². The van der Waals surface area contributed by atoms with Crippen LogP contribution in [0, 0.1) is 5.92 Å². The molecule has 1 amide bonds. The topological polar surface area (TPSA) is 65.1 Å². The maximum Gasteiger partial charge on any atom is 0.410 e. The zero-order valence-electron chi connectivity index (χ0n) is 10.3. The summed E-state index contributed by atoms with van der Waals surface area (Å²) in [6.07, 6.45) is 2.38. The van der Waals surface area contributed by atoms with Gasteiger partial charge in [-0.2, -0.15) is 0 Å². The molecule has 18 heavy (non-hydrogen) atoms. The Morgan fingerprint density at radius 3 is 2.67 bits per heavy atom. The summed E-state index contributed by atoms with van der Waals surface area (Å²) < 4.78 is 15.9. The number of likely N-dealkylation sites (tertiary alicyclic amines) is 1. The molecule has 0 aliphatic carbocycles. The summed E-state index contributed by atoms with van der Waals surface area (Å²) in [7, 11) is 1.28. The molecular weight excluding hydrogens is 238 g/mol. The third-order valence-electron chi connectivity index (χ3n) is 3.41.